The largest absolute Gasteiger partial charge is 0.390 e. The molecule has 14 heavy (non-hydrogen) atoms. The van der Waals surface area contributed by atoms with Crippen LogP contribution in [0.4, 0.5) is 13.2 Å². The van der Waals surface area contributed by atoms with Crippen molar-refractivity contribution in [3.8, 4) is 0 Å². The number of allylic oxidation sites excluding steroid dienone is 1. The molecule has 4 heteroatoms. The van der Waals surface area contributed by atoms with E-state index in [1.165, 1.54) is 0 Å². The lowest BCUT2D eigenvalue weighted by Crippen LogP contribution is -2.32. The standard InChI is InChI=1S/C10H18F3N/c1-4-5-14-9(6-8(2)3)7-10(11,12)13/h6,9,14H,4-5,7H2,1-3H3. The maximum absolute atomic E-state index is 12.1. The van der Waals surface area contributed by atoms with Crippen LogP contribution in [0.2, 0.25) is 0 Å². The van der Waals surface area contributed by atoms with E-state index in [4.69, 9.17) is 0 Å². The molecular weight excluding hydrogens is 191 g/mol. The SMILES string of the molecule is CCCNC(C=C(C)C)CC(F)(F)F. The highest BCUT2D eigenvalue weighted by Crippen LogP contribution is 2.22. The minimum atomic E-state index is -4.10. The summed E-state index contributed by atoms with van der Waals surface area (Å²) in [6.07, 6.45) is -2.43. The van der Waals surface area contributed by atoms with Crippen molar-refractivity contribution >= 4 is 0 Å². The smallest absolute Gasteiger partial charge is 0.310 e. The van der Waals surface area contributed by atoms with E-state index in [9.17, 15) is 13.2 Å². The van der Waals surface area contributed by atoms with Crippen LogP contribution in [0.5, 0.6) is 0 Å². The van der Waals surface area contributed by atoms with Crippen molar-refractivity contribution in [3.05, 3.63) is 11.6 Å². The summed E-state index contributed by atoms with van der Waals surface area (Å²) in [6.45, 7) is 6.15. The van der Waals surface area contributed by atoms with E-state index in [2.05, 4.69) is 5.32 Å². The molecule has 0 fully saturated rings. The zero-order valence-electron chi connectivity index (χ0n) is 8.91. The summed E-state index contributed by atoms with van der Waals surface area (Å²) in [4.78, 5) is 0. The van der Waals surface area contributed by atoms with E-state index < -0.39 is 18.6 Å². The first-order valence-electron chi connectivity index (χ1n) is 4.80. The van der Waals surface area contributed by atoms with Crippen LogP contribution < -0.4 is 5.32 Å². The maximum Gasteiger partial charge on any atom is 0.390 e. The molecule has 0 bridgehead atoms. The van der Waals surface area contributed by atoms with Gasteiger partial charge in [-0.25, -0.2) is 0 Å². The monoisotopic (exact) mass is 209 g/mol. The van der Waals surface area contributed by atoms with Crippen molar-refractivity contribution in [1.29, 1.82) is 0 Å². The molecule has 1 unspecified atom stereocenters. The summed E-state index contributed by atoms with van der Waals surface area (Å²) in [7, 11) is 0. The molecule has 0 saturated carbocycles. The molecule has 0 rings (SSSR count). The minimum Gasteiger partial charge on any atom is -0.310 e. The molecule has 0 aromatic rings. The highest BCUT2D eigenvalue weighted by Gasteiger charge is 2.30. The van der Waals surface area contributed by atoms with Gasteiger partial charge in [0.05, 0.1) is 6.42 Å². The van der Waals surface area contributed by atoms with Crippen LogP contribution in [0, 0.1) is 0 Å². The number of rotatable bonds is 5. The number of hydrogen-bond acceptors (Lipinski definition) is 1. The fourth-order valence-electron chi connectivity index (χ4n) is 1.17. The molecular formula is C10H18F3N. The van der Waals surface area contributed by atoms with Gasteiger partial charge in [0.25, 0.3) is 0 Å². The molecule has 1 nitrogen and oxygen atoms in total. The summed E-state index contributed by atoms with van der Waals surface area (Å²) >= 11 is 0. The Morgan fingerprint density at radius 1 is 1.36 bits per heavy atom. The topological polar surface area (TPSA) is 12.0 Å². The highest BCUT2D eigenvalue weighted by molar-refractivity contribution is 5.01. The molecule has 0 heterocycles. The average molecular weight is 209 g/mol. The predicted molar refractivity (Wildman–Crippen MR) is 52.2 cm³/mol. The van der Waals surface area contributed by atoms with Crippen molar-refractivity contribution < 1.29 is 13.2 Å². The van der Waals surface area contributed by atoms with Gasteiger partial charge < -0.3 is 5.32 Å². The fraction of sp³-hybridized carbons (Fsp3) is 0.800. The molecule has 0 aliphatic rings. The Bertz CT molecular complexity index is 180. The molecule has 0 radical (unpaired) electrons. The van der Waals surface area contributed by atoms with E-state index in [1.54, 1.807) is 19.9 Å². The Morgan fingerprint density at radius 2 is 1.93 bits per heavy atom. The molecule has 84 valence electrons. The lowest BCUT2D eigenvalue weighted by atomic mass is 10.1. The summed E-state index contributed by atoms with van der Waals surface area (Å²) in [5.74, 6) is 0. The van der Waals surface area contributed by atoms with Gasteiger partial charge in [0, 0.05) is 6.04 Å². The second-order valence-corrected chi connectivity index (χ2v) is 3.62. The first-order valence-corrected chi connectivity index (χ1v) is 4.80. The number of nitrogens with one attached hydrogen (secondary N) is 1. The Kier molecular flexibility index (Phi) is 5.84. The highest BCUT2D eigenvalue weighted by atomic mass is 19.4. The average Bonchev–Trinajstić information content (AvgIpc) is 1.96. The Morgan fingerprint density at radius 3 is 2.29 bits per heavy atom. The molecule has 1 atom stereocenters. The van der Waals surface area contributed by atoms with E-state index in [0.29, 0.717) is 6.54 Å². The summed E-state index contributed by atoms with van der Waals surface area (Å²) < 4.78 is 36.3. The number of alkyl halides is 3. The molecule has 0 amide bonds. The molecule has 0 aromatic heterocycles. The van der Waals surface area contributed by atoms with Gasteiger partial charge in [-0.3, -0.25) is 0 Å². The van der Waals surface area contributed by atoms with Gasteiger partial charge >= 0.3 is 6.18 Å². The molecule has 0 aliphatic heterocycles. The molecule has 1 N–H and O–H groups in total. The quantitative estimate of drug-likeness (QED) is 0.685. The second kappa shape index (κ2) is 6.06. The first kappa shape index (κ1) is 13.5. The van der Waals surface area contributed by atoms with Gasteiger partial charge in [-0.2, -0.15) is 13.2 Å². The maximum atomic E-state index is 12.1. The zero-order chi connectivity index (χ0) is 11.2. The van der Waals surface area contributed by atoms with Crippen molar-refractivity contribution in [2.45, 2.75) is 45.8 Å². The van der Waals surface area contributed by atoms with Crippen LogP contribution in [-0.2, 0) is 0 Å². The predicted octanol–water partition coefficient (Wildman–Crippen LogP) is 3.27. The number of hydrogen-bond donors (Lipinski definition) is 1. The Labute approximate surface area is 83.4 Å². The van der Waals surface area contributed by atoms with E-state index in [0.717, 1.165) is 12.0 Å². The zero-order valence-corrected chi connectivity index (χ0v) is 8.91. The van der Waals surface area contributed by atoms with E-state index in [1.807, 2.05) is 6.92 Å². The van der Waals surface area contributed by atoms with Crippen molar-refractivity contribution in [2.75, 3.05) is 6.54 Å². The summed E-state index contributed by atoms with van der Waals surface area (Å²) in [5, 5.41) is 2.86. The molecule has 0 aromatic carbocycles. The third-order valence-electron chi connectivity index (χ3n) is 1.64. The fourth-order valence-corrected chi connectivity index (χ4v) is 1.17. The molecule has 0 saturated heterocycles. The van der Waals surface area contributed by atoms with Crippen LogP contribution >= 0.6 is 0 Å². The van der Waals surface area contributed by atoms with Crippen molar-refractivity contribution in [3.63, 3.8) is 0 Å². The van der Waals surface area contributed by atoms with Gasteiger partial charge in [-0.05, 0) is 26.8 Å². The van der Waals surface area contributed by atoms with Crippen LogP contribution in [0.3, 0.4) is 0 Å². The van der Waals surface area contributed by atoms with Gasteiger partial charge in [-0.1, -0.05) is 18.6 Å². The summed E-state index contributed by atoms with van der Waals surface area (Å²) in [6, 6.07) is -0.583. The van der Waals surface area contributed by atoms with Crippen LogP contribution in [-0.4, -0.2) is 18.8 Å². The summed E-state index contributed by atoms with van der Waals surface area (Å²) in [5.41, 5.74) is 0.905. The lowest BCUT2D eigenvalue weighted by Gasteiger charge is -2.17. The minimum absolute atomic E-state index is 0.583. The Balaban J connectivity index is 4.18. The van der Waals surface area contributed by atoms with Gasteiger partial charge in [0.15, 0.2) is 0 Å². The van der Waals surface area contributed by atoms with Gasteiger partial charge in [-0.15, -0.1) is 0 Å². The lowest BCUT2D eigenvalue weighted by molar-refractivity contribution is -0.137. The van der Waals surface area contributed by atoms with Crippen molar-refractivity contribution in [1.82, 2.24) is 5.32 Å². The van der Waals surface area contributed by atoms with E-state index in [-0.39, 0.29) is 0 Å². The van der Waals surface area contributed by atoms with E-state index >= 15 is 0 Å². The van der Waals surface area contributed by atoms with Crippen LogP contribution in [0.1, 0.15) is 33.6 Å². The second-order valence-electron chi connectivity index (χ2n) is 3.62. The third-order valence-corrected chi connectivity index (χ3v) is 1.64. The first-order chi connectivity index (χ1) is 6.35. The van der Waals surface area contributed by atoms with Crippen LogP contribution in [0.15, 0.2) is 11.6 Å². The molecule has 0 aliphatic carbocycles. The normalized spacial score (nSPS) is 13.9. The number of halogens is 3. The molecule has 0 spiro atoms. The Hall–Kier alpha value is -0.510. The van der Waals surface area contributed by atoms with Crippen molar-refractivity contribution in [2.24, 2.45) is 0 Å². The third kappa shape index (κ3) is 8.10. The van der Waals surface area contributed by atoms with Gasteiger partial charge in [0.1, 0.15) is 0 Å². The van der Waals surface area contributed by atoms with Crippen LogP contribution in [0.25, 0.3) is 0 Å². The van der Waals surface area contributed by atoms with Gasteiger partial charge in [0.2, 0.25) is 0 Å².